The first-order chi connectivity index (χ1) is 10.0. The van der Waals surface area contributed by atoms with Crippen LogP contribution < -0.4 is 10.6 Å². The number of nitrogens with zero attached hydrogens (tertiary/aromatic N) is 1. The lowest BCUT2D eigenvalue weighted by Gasteiger charge is -2.11. The van der Waals surface area contributed by atoms with E-state index in [4.69, 9.17) is 5.11 Å². The Morgan fingerprint density at radius 1 is 1.43 bits per heavy atom. The number of benzene rings is 1. The van der Waals surface area contributed by atoms with E-state index in [1.165, 1.54) is 6.07 Å². The van der Waals surface area contributed by atoms with Gasteiger partial charge in [0.1, 0.15) is 5.69 Å². The number of hydrogen-bond donors (Lipinski definition) is 3. The summed E-state index contributed by atoms with van der Waals surface area (Å²) in [5, 5.41) is 25.2. The van der Waals surface area contributed by atoms with Gasteiger partial charge in [0, 0.05) is 32.2 Å². The molecular formula is C14H21N3O4. The topological polar surface area (TPSA) is 104 Å². The zero-order valence-corrected chi connectivity index (χ0v) is 12.0. The van der Waals surface area contributed by atoms with Crippen LogP contribution in [0.25, 0.3) is 0 Å². The summed E-state index contributed by atoms with van der Waals surface area (Å²) in [6, 6.07) is 6.32. The lowest BCUT2D eigenvalue weighted by Crippen LogP contribution is -2.29. The van der Waals surface area contributed by atoms with Crippen molar-refractivity contribution in [3.05, 3.63) is 34.4 Å². The monoisotopic (exact) mass is 295 g/mol. The number of nitro benzene ring substituents is 1. The lowest BCUT2D eigenvalue weighted by molar-refractivity contribution is -0.384. The third-order valence-corrected chi connectivity index (χ3v) is 3.04. The number of nitro groups is 1. The van der Waals surface area contributed by atoms with Gasteiger partial charge >= 0.3 is 0 Å². The Kier molecular flexibility index (Phi) is 7.17. The molecule has 0 aliphatic rings. The normalized spacial score (nSPS) is 11.7. The van der Waals surface area contributed by atoms with Gasteiger partial charge in [-0.2, -0.15) is 0 Å². The van der Waals surface area contributed by atoms with Crippen LogP contribution in [0.15, 0.2) is 24.3 Å². The van der Waals surface area contributed by atoms with E-state index in [-0.39, 0.29) is 30.5 Å². The van der Waals surface area contributed by atoms with Gasteiger partial charge in [-0.3, -0.25) is 14.9 Å². The van der Waals surface area contributed by atoms with Crippen molar-refractivity contribution in [1.82, 2.24) is 5.32 Å². The van der Waals surface area contributed by atoms with Gasteiger partial charge in [0.25, 0.3) is 5.69 Å². The Morgan fingerprint density at radius 2 is 2.14 bits per heavy atom. The fourth-order valence-electron chi connectivity index (χ4n) is 1.79. The quantitative estimate of drug-likeness (QED) is 0.473. The van der Waals surface area contributed by atoms with Crippen LogP contribution in [0.1, 0.15) is 19.8 Å². The number of anilines is 1. The maximum absolute atomic E-state index is 11.6. The highest BCUT2D eigenvalue weighted by atomic mass is 16.6. The second-order valence-corrected chi connectivity index (χ2v) is 4.87. The SMILES string of the molecule is CC(CCO)CNC(=O)CCNc1ccccc1[N+](=O)[O-]. The Morgan fingerprint density at radius 3 is 2.81 bits per heavy atom. The number of nitrogens with one attached hydrogen (secondary N) is 2. The molecule has 1 atom stereocenters. The van der Waals surface area contributed by atoms with Gasteiger partial charge in [0.15, 0.2) is 0 Å². The van der Waals surface area contributed by atoms with Crippen LogP contribution in [-0.4, -0.2) is 35.6 Å². The molecule has 0 aliphatic carbocycles. The minimum atomic E-state index is -0.459. The highest BCUT2D eigenvalue weighted by molar-refractivity contribution is 5.76. The van der Waals surface area contributed by atoms with Crippen molar-refractivity contribution in [2.45, 2.75) is 19.8 Å². The average molecular weight is 295 g/mol. The molecule has 7 heteroatoms. The molecule has 0 radical (unpaired) electrons. The van der Waals surface area contributed by atoms with Crippen molar-refractivity contribution in [2.24, 2.45) is 5.92 Å². The molecule has 3 N–H and O–H groups in total. The number of rotatable bonds is 9. The lowest BCUT2D eigenvalue weighted by atomic mass is 10.1. The maximum atomic E-state index is 11.6. The van der Waals surface area contributed by atoms with Gasteiger partial charge in [-0.1, -0.05) is 19.1 Å². The van der Waals surface area contributed by atoms with E-state index in [0.29, 0.717) is 25.2 Å². The van der Waals surface area contributed by atoms with Gasteiger partial charge < -0.3 is 15.7 Å². The number of aliphatic hydroxyl groups excluding tert-OH is 1. The fraction of sp³-hybridized carbons (Fsp3) is 0.500. The molecule has 1 aromatic rings. The van der Waals surface area contributed by atoms with Crippen LogP contribution >= 0.6 is 0 Å². The Labute approximate surface area is 123 Å². The fourth-order valence-corrected chi connectivity index (χ4v) is 1.79. The smallest absolute Gasteiger partial charge is 0.292 e. The maximum Gasteiger partial charge on any atom is 0.292 e. The van der Waals surface area contributed by atoms with Crippen LogP contribution in [0.5, 0.6) is 0 Å². The number of amides is 1. The largest absolute Gasteiger partial charge is 0.396 e. The third kappa shape index (κ3) is 6.22. The molecule has 7 nitrogen and oxygen atoms in total. The first-order valence-electron chi connectivity index (χ1n) is 6.89. The zero-order valence-electron chi connectivity index (χ0n) is 12.0. The van der Waals surface area contributed by atoms with Crippen LogP contribution in [0.2, 0.25) is 0 Å². The van der Waals surface area contributed by atoms with Crippen LogP contribution in [0, 0.1) is 16.0 Å². The Balaban J connectivity index is 2.33. The zero-order chi connectivity index (χ0) is 15.7. The number of carbonyl (C=O) groups excluding carboxylic acids is 1. The first kappa shape index (κ1) is 16.9. The van der Waals surface area contributed by atoms with Crippen LogP contribution in [0.4, 0.5) is 11.4 Å². The Bertz CT molecular complexity index is 479. The predicted molar refractivity (Wildman–Crippen MR) is 80.1 cm³/mol. The van der Waals surface area contributed by atoms with E-state index in [1.54, 1.807) is 18.2 Å². The van der Waals surface area contributed by atoms with Crippen molar-refractivity contribution in [2.75, 3.05) is 25.0 Å². The summed E-state index contributed by atoms with van der Waals surface area (Å²) in [7, 11) is 0. The molecule has 1 rings (SSSR count). The molecule has 1 amide bonds. The van der Waals surface area contributed by atoms with Gasteiger partial charge in [0.2, 0.25) is 5.91 Å². The molecule has 0 saturated heterocycles. The predicted octanol–water partition coefficient (Wildman–Crippen LogP) is 1.53. The molecule has 0 saturated carbocycles. The van der Waals surface area contributed by atoms with Gasteiger partial charge in [-0.05, 0) is 18.4 Å². The van der Waals surface area contributed by atoms with Crippen molar-refractivity contribution >= 4 is 17.3 Å². The molecule has 1 unspecified atom stereocenters. The molecule has 0 aromatic heterocycles. The van der Waals surface area contributed by atoms with E-state index in [1.807, 2.05) is 6.92 Å². The van der Waals surface area contributed by atoms with Gasteiger partial charge in [-0.25, -0.2) is 0 Å². The summed E-state index contributed by atoms with van der Waals surface area (Å²) in [5.41, 5.74) is 0.401. The summed E-state index contributed by atoms with van der Waals surface area (Å²) in [6.45, 7) is 2.90. The molecular weight excluding hydrogens is 274 g/mol. The molecule has 0 fully saturated rings. The standard InChI is InChI=1S/C14H21N3O4/c1-11(7-9-18)10-16-14(19)6-8-15-12-4-2-3-5-13(12)17(20)21/h2-5,11,15,18H,6-10H2,1H3,(H,16,19). The summed E-state index contributed by atoms with van der Waals surface area (Å²) in [5.74, 6) is 0.105. The van der Waals surface area contributed by atoms with Gasteiger partial charge in [0.05, 0.1) is 4.92 Å². The second-order valence-electron chi connectivity index (χ2n) is 4.87. The molecule has 0 aliphatic heterocycles. The van der Waals surface area contributed by atoms with Crippen molar-refractivity contribution in [1.29, 1.82) is 0 Å². The van der Waals surface area contributed by atoms with Crippen molar-refractivity contribution in [3.63, 3.8) is 0 Å². The Hall–Kier alpha value is -2.15. The minimum Gasteiger partial charge on any atom is -0.396 e. The summed E-state index contributed by atoms with van der Waals surface area (Å²) in [6.07, 6.45) is 0.882. The number of hydrogen-bond acceptors (Lipinski definition) is 5. The second kappa shape index (κ2) is 8.91. The number of carbonyl (C=O) groups is 1. The van der Waals surface area contributed by atoms with E-state index >= 15 is 0 Å². The molecule has 0 heterocycles. The summed E-state index contributed by atoms with van der Waals surface area (Å²) < 4.78 is 0. The molecule has 0 spiro atoms. The van der Waals surface area contributed by atoms with E-state index in [2.05, 4.69) is 10.6 Å². The third-order valence-electron chi connectivity index (χ3n) is 3.04. The van der Waals surface area contributed by atoms with Gasteiger partial charge in [-0.15, -0.1) is 0 Å². The highest BCUT2D eigenvalue weighted by Crippen LogP contribution is 2.22. The minimum absolute atomic E-state index is 0.00511. The van der Waals surface area contributed by atoms with Crippen LogP contribution in [0.3, 0.4) is 0 Å². The molecule has 0 bridgehead atoms. The van der Waals surface area contributed by atoms with E-state index < -0.39 is 4.92 Å². The summed E-state index contributed by atoms with van der Waals surface area (Å²) in [4.78, 5) is 22.0. The van der Waals surface area contributed by atoms with E-state index in [0.717, 1.165) is 0 Å². The summed E-state index contributed by atoms with van der Waals surface area (Å²) >= 11 is 0. The van der Waals surface area contributed by atoms with Crippen LogP contribution in [-0.2, 0) is 4.79 Å². The van der Waals surface area contributed by atoms with Crippen molar-refractivity contribution in [3.8, 4) is 0 Å². The van der Waals surface area contributed by atoms with Crippen molar-refractivity contribution < 1.29 is 14.8 Å². The molecule has 21 heavy (non-hydrogen) atoms. The van der Waals surface area contributed by atoms with E-state index in [9.17, 15) is 14.9 Å². The molecule has 1 aromatic carbocycles. The average Bonchev–Trinajstić information content (AvgIpc) is 2.46. The number of para-hydroxylation sites is 2. The number of aliphatic hydroxyl groups is 1. The first-order valence-corrected chi connectivity index (χ1v) is 6.89. The highest BCUT2D eigenvalue weighted by Gasteiger charge is 2.12. The molecule has 116 valence electrons.